The number of morpholine rings is 1. The molecule has 9 nitrogen and oxygen atoms in total. The van der Waals surface area contributed by atoms with E-state index >= 15 is 0 Å². The molecule has 0 spiro atoms. The molecular formula is C17H32ClN3O6S2. The highest BCUT2D eigenvalue weighted by Crippen LogP contribution is 2.41. The summed E-state index contributed by atoms with van der Waals surface area (Å²) in [5, 5.41) is 0. The van der Waals surface area contributed by atoms with E-state index in [9.17, 15) is 21.6 Å². The third-order valence-electron chi connectivity index (χ3n) is 5.91. The first-order valence-corrected chi connectivity index (χ1v) is 13.5. The van der Waals surface area contributed by atoms with Crippen LogP contribution in [0.3, 0.4) is 0 Å². The monoisotopic (exact) mass is 473 g/mol. The highest BCUT2D eigenvalue weighted by Gasteiger charge is 2.58. The first-order chi connectivity index (χ1) is 13.2. The average molecular weight is 474 g/mol. The molecule has 12 heteroatoms. The maximum Gasteiger partial charge on any atom is 0.241 e. The van der Waals surface area contributed by atoms with Gasteiger partial charge in [0.1, 0.15) is 0 Å². The lowest BCUT2D eigenvalue weighted by molar-refractivity contribution is -0.128. The van der Waals surface area contributed by atoms with Crippen LogP contribution in [-0.2, 0) is 29.6 Å². The predicted octanol–water partition coefficient (Wildman–Crippen LogP) is 0.121. The lowest BCUT2D eigenvalue weighted by Crippen LogP contribution is -2.44. The summed E-state index contributed by atoms with van der Waals surface area (Å²) >= 11 is 0. The van der Waals surface area contributed by atoms with Crippen LogP contribution in [0.4, 0.5) is 0 Å². The van der Waals surface area contributed by atoms with Gasteiger partial charge in [-0.15, -0.1) is 12.4 Å². The summed E-state index contributed by atoms with van der Waals surface area (Å²) in [5.74, 6) is -1.02. The quantitative estimate of drug-likeness (QED) is 0.493. The van der Waals surface area contributed by atoms with Crippen molar-refractivity contribution in [2.75, 3.05) is 51.4 Å². The molecule has 3 rings (SSSR count). The smallest absolute Gasteiger partial charge is 0.241 e. The molecule has 170 valence electrons. The molecule has 0 aromatic heterocycles. The average Bonchev–Trinajstić information content (AvgIpc) is 3.14. The summed E-state index contributed by atoms with van der Waals surface area (Å²) in [7, 11) is -7.27. The van der Waals surface area contributed by atoms with Crippen molar-refractivity contribution in [1.29, 1.82) is 0 Å². The number of amides is 1. The molecular weight excluding hydrogens is 442 g/mol. The second kappa shape index (κ2) is 9.78. The summed E-state index contributed by atoms with van der Waals surface area (Å²) in [6.07, 6.45) is 3.09. The number of ether oxygens (including phenoxy) is 1. The van der Waals surface area contributed by atoms with Gasteiger partial charge < -0.3 is 4.74 Å². The fraction of sp³-hybridized carbons (Fsp3) is 0.941. The zero-order valence-corrected chi connectivity index (χ0v) is 19.5. The van der Waals surface area contributed by atoms with Gasteiger partial charge in [0.05, 0.1) is 43.2 Å². The van der Waals surface area contributed by atoms with Crippen LogP contribution >= 0.6 is 12.4 Å². The number of halogens is 1. The SMILES string of the molecule is CCC[C@H]1C(=O)N(S(C)(=O)=O)[C@H]2CCN(S(=O)(=O)CCCN3CCOCC3)[C@H]12.Cl. The molecule has 0 N–H and O–H groups in total. The lowest BCUT2D eigenvalue weighted by atomic mass is 9.95. The largest absolute Gasteiger partial charge is 0.379 e. The minimum atomic E-state index is -3.71. The van der Waals surface area contributed by atoms with Crippen molar-refractivity contribution >= 4 is 38.4 Å². The molecule has 0 aliphatic carbocycles. The van der Waals surface area contributed by atoms with E-state index in [4.69, 9.17) is 4.74 Å². The lowest BCUT2D eigenvalue weighted by Gasteiger charge is -2.28. The van der Waals surface area contributed by atoms with Gasteiger partial charge in [0.2, 0.25) is 26.0 Å². The number of nitrogens with zero attached hydrogens (tertiary/aromatic N) is 3. The number of rotatable bonds is 8. The molecule has 3 aliphatic rings. The molecule has 0 aromatic carbocycles. The molecule has 0 aromatic rings. The van der Waals surface area contributed by atoms with E-state index in [1.165, 1.54) is 4.31 Å². The zero-order valence-electron chi connectivity index (χ0n) is 17.0. The zero-order chi connectivity index (χ0) is 20.5. The van der Waals surface area contributed by atoms with E-state index in [2.05, 4.69) is 4.90 Å². The van der Waals surface area contributed by atoms with Crippen molar-refractivity contribution in [3.8, 4) is 0 Å². The Labute approximate surface area is 180 Å². The first-order valence-electron chi connectivity index (χ1n) is 9.99. The van der Waals surface area contributed by atoms with Crippen molar-refractivity contribution in [2.45, 2.75) is 44.7 Å². The number of fused-ring (bicyclic) bond motifs is 1. The number of hydrogen-bond donors (Lipinski definition) is 0. The highest BCUT2D eigenvalue weighted by atomic mass is 35.5. The van der Waals surface area contributed by atoms with Gasteiger partial charge in [-0.2, -0.15) is 4.31 Å². The Hall–Kier alpha value is -0.460. The first kappa shape index (κ1) is 24.8. The van der Waals surface area contributed by atoms with Gasteiger partial charge in [0.25, 0.3) is 0 Å². The van der Waals surface area contributed by atoms with Crippen LogP contribution in [0.25, 0.3) is 0 Å². The fourth-order valence-electron chi connectivity index (χ4n) is 4.72. The van der Waals surface area contributed by atoms with Crippen LogP contribution in [-0.4, -0.2) is 99.7 Å². The topological polar surface area (TPSA) is 104 Å². The summed E-state index contributed by atoms with van der Waals surface area (Å²) in [5.41, 5.74) is 0. The third kappa shape index (κ3) is 5.24. The van der Waals surface area contributed by atoms with Gasteiger partial charge in [-0.05, 0) is 25.8 Å². The van der Waals surface area contributed by atoms with Gasteiger partial charge in [-0.3, -0.25) is 9.69 Å². The Morgan fingerprint density at radius 1 is 1.10 bits per heavy atom. The van der Waals surface area contributed by atoms with Crippen LogP contribution in [0.15, 0.2) is 0 Å². The van der Waals surface area contributed by atoms with Crippen molar-refractivity contribution in [2.24, 2.45) is 5.92 Å². The van der Waals surface area contributed by atoms with Crippen molar-refractivity contribution < 1.29 is 26.4 Å². The second-order valence-corrected chi connectivity index (χ2v) is 11.8. The van der Waals surface area contributed by atoms with E-state index in [0.29, 0.717) is 45.4 Å². The van der Waals surface area contributed by atoms with Gasteiger partial charge in [-0.1, -0.05) is 13.3 Å². The van der Waals surface area contributed by atoms with Crippen LogP contribution in [0.1, 0.15) is 32.6 Å². The normalized spacial score (nSPS) is 29.1. The molecule has 29 heavy (non-hydrogen) atoms. The number of carbonyl (C=O) groups excluding carboxylic acids is 1. The van der Waals surface area contributed by atoms with Crippen LogP contribution in [0.2, 0.25) is 0 Å². The molecule has 1 amide bonds. The molecule has 3 fully saturated rings. The van der Waals surface area contributed by atoms with Crippen molar-refractivity contribution in [1.82, 2.24) is 13.5 Å². The summed E-state index contributed by atoms with van der Waals surface area (Å²) in [6.45, 7) is 5.85. The van der Waals surface area contributed by atoms with E-state index < -0.39 is 44.0 Å². The van der Waals surface area contributed by atoms with E-state index in [1.807, 2.05) is 6.92 Å². The highest BCUT2D eigenvalue weighted by molar-refractivity contribution is 7.89. The summed E-state index contributed by atoms with van der Waals surface area (Å²) in [6, 6.07) is -1.15. The number of sulfonamides is 2. The maximum absolute atomic E-state index is 13.0. The Morgan fingerprint density at radius 2 is 1.76 bits per heavy atom. The minimum Gasteiger partial charge on any atom is -0.379 e. The van der Waals surface area contributed by atoms with Crippen LogP contribution in [0.5, 0.6) is 0 Å². The van der Waals surface area contributed by atoms with Gasteiger partial charge >= 0.3 is 0 Å². The Balaban J connectivity index is 0.00000300. The number of carbonyl (C=O) groups is 1. The third-order valence-corrected chi connectivity index (χ3v) is 9.03. The van der Waals surface area contributed by atoms with Gasteiger partial charge in [0, 0.05) is 19.6 Å². The van der Waals surface area contributed by atoms with E-state index in [1.54, 1.807) is 0 Å². The molecule has 3 aliphatic heterocycles. The molecule has 0 saturated carbocycles. The predicted molar refractivity (Wildman–Crippen MR) is 112 cm³/mol. The van der Waals surface area contributed by atoms with E-state index in [0.717, 1.165) is 23.7 Å². The molecule has 3 saturated heterocycles. The van der Waals surface area contributed by atoms with Gasteiger partial charge in [0.15, 0.2) is 0 Å². The maximum atomic E-state index is 13.0. The number of hydrogen-bond acceptors (Lipinski definition) is 7. The molecule has 0 unspecified atom stereocenters. The minimum absolute atomic E-state index is 0. The standard InChI is InChI=1S/C17H31N3O6S2.ClH/c1-3-5-14-16-15(20(17(14)21)27(2,22)23)6-8-19(16)28(24,25)13-4-7-18-9-11-26-12-10-18;/h14-16H,3-13H2,1-2H3;1H/t14-,15+,16-;/m1./s1. The van der Waals surface area contributed by atoms with Crippen molar-refractivity contribution in [3.63, 3.8) is 0 Å². The van der Waals surface area contributed by atoms with Crippen LogP contribution < -0.4 is 0 Å². The van der Waals surface area contributed by atoms with Crippen LogP contribution in [0, 0.1) is 5.92 Å². The molecule has 0 radical (unpaired) electrons. The fourth-order valence-corrected chi connectivity index (χ4v) is 7.68. The molecule has 3 heterocycles. The Kier molecular flexibility index (Phi) is 8.36. The molecule has 3 atom stereocenters. The Bertz CT molecular complexity index is 785. The molecule has 0 bridgehead atoms. The van der Waals surface area contributed by atoms with Crippen molar-refractivity contribution in [3.05, 3.63) is 0 Å². The summed E-state index contributed by atoms with van der Waals surface area (Å²) < 4.78 is 58.1. The second-order valence-electron chi connectivity index (χ2n) is 7.87. The van der Waals surface area contributed by atoms with E-state index in [-0.39, 0.29) is 24.7 Å². The Morgan fingerprint density at radius 3 is 2.34 bits per heavy atom. The summed E-state index contributed by atoms with van der Waals surface area (Å²) in [4.78, 5) is 14.9. The van der Waals surface area contributed by atoms with Gasteiger partial charge in [-0.25, -0.2) is 21.1 Å².